The van der Waals surface area contributed by atoms with Crippen molar-refractivity contribution in [2.75, 3.05) is 0 Å². The zero-order valence-corrected chi connectivity index (χ0v) is 54.5. The second-order valence-corrected chi connectivity index (χ2v) is 25.9. The molecule has 18 aromatic carbocycles. The van der Waals surface area contributed by atoms with E-state index in [2.05, 4.69) is 301 Å². The molecule has 2 heterocycles. The Kier molecular flexibility index (Phi) is 14.7. The molecule has 1 N–H and O–H groups in total. The van der Waals surface area contributed by atoms with E-state index in [-0.39, 0.29) is 0 Å². The lowest BCUT2D eigenvalue weighted by atomic mass is 9.85. The molecule has 0 fully saturated rings. The van der Waals surface area contributed by atoms with Crippen molar-refractivity contribution in [2.24, 2.45) is 0 Å². The fraction of sp³-hybridized carbons (Fsp3) is 0. The monoisotopic (exact) mass is 1320 g/mol. The minimum atomic E-state index is 0.664. The van der Waals surface area contributed by atoms with E-state index in [1.807, 2.05) is 54.6 Å². The zero-order valence-electron chi connectivity index (χ0n) is 53.0. The second kappa shape index (κ2) is 24.6. The Bertz CT molecular complexity index is 6440. The van der Waals surface area contributed by atoms with Gasteiger partial charge in [0.25, 0.3) is 0 Å². The molecule has 98 heavy (non-hydrogen) atoms. The lowest BCUT2D eigenvalue weighted by Gasteiger charge is -2.18. The van der Waals surface area contributed by atoms with Gasteiger partial charge in [0.2, 0.25) is 0 Å². The lowest BCUT2D eigenvalue weighted by Crippen LogP contribution is -2.02. The Labute approximate surface area is 573 Å². The molecule has 0 bridgehead atoms. The normalized spacial score (nSPS) is 11.6. The average molecular weight is 1320 g/mol. The van der Waals surface area contributed by atoms with Crippen molar-refractivity contribution in [2.45, 2.75) is 0 Å². The summed E-state index contributed by atoms with van der Waals surface area (Å²) in [4.78, 5) is 0. The van der Waals surface area contributed by atoms with E-state index in [9.17, 15) is 5.02 Å². The molecular weight excluding hydrogens is 1260 g/mol. The summed E-state index contributed by atoms with van der Waals surface area (Å²) in [6, 6.07) is 120. The first kappa shape index (κ1) is 58.5. The van der Waals surface area contributed by atoms with Gasteiger partial charge in [0.05, 0.1) is 0 Å². The minimum Gasteiger partial charge on any atom is -0.537 e. The van der Waals surface area contributed by atoms with Gasteiger partial charge in [-0.1, -0.05) is 301 Å². The molecule has 0 amide bonds. The molecular formula is C92H57BBrO4. The van der Waals surface area contributed by atoms with Crippen molar-refractivity contribution in [3.05, 3.63) is 344 Å². The zero-order chi connectivity index (χ0) is 65.2. The fourth-order valence-electron chi connectivity index (χ4n) is 15.2. The maximum absolute atomic E-state index is 9.43. The summed E-state index contributed by atoms with van der Waals surface area (Å²) in [5.74, 6) is 0.664. The van der Waals surface area contributed by atoms with Crippen LogP contribution in [0, 0.1) is 0 Å². The van der Waals surface area contributed by atoms with Crippen LogP contribution >= 0.6 is 15.9 Å². The number of furan rings is 2. The van der Waals surface area contributed by atoms with E-state index in [0.29, 0.717) is 5.75 Å². The predicted molar refractivity (Wildman–Crippen MR) is 417 cm³/mol. The van der Waals surface area contributed by atoms with Crippen molar-refractivity contribution in [3.63, 3.8) is 0 Å². The molecule has 459 valence electrons. The smallest absolute Gasteiger partial charge is 0.537 e. The summed E-state index contributed by atoms with van der Waals surface area (Å²) in [6.45, 7) is 0. The third-order valence-corrected chi connectivity index (χ3v) is 20.0. The molecule has 0 saturated heterocycles. The van der Waals surface area contributed by atoms with Crippen molar-refractivity contribution < 1.29 is 18.5 Å². The number of hydrogen-bond acceptors (Lipinski definition) is 4. The van der Waals surface area contributed by atoms with Crippen LogP contribution in [-0.4, -0.2) is 12.7 Å². The molecule has 0 atom stereocenters. The van der Waals surface area contributed by atoms with Gasteiger partial charge in [-0.05, 0) is 186 Å². The maximum atomic E-state index is 9.43. The average Bonchev–Trinajstić information content (AvgIpc) is 0.975. The summed E-state index contributed by atoms with van der Waals surface area (Å²) in [5, 5.41) is 33.1. The van der Waals surface area contributed by atoms with Crippen molar-refractivity contribution >= 4 is 154 Å². The lowest BCUT2D eigenvalue weighted by molar-refractivity contribution is 0.459. The molecule has 6 heteroatoms. The van der Waals surface area contributed by atoms with Gasteiger partial charge in [-0.3, -0.25) is 0 Å². The summed E-state index contributed by atoms with van der Waals surface area (Å²) in [7, 11) is 0.759. The predicted octanol–water partition coefficient (Wildman–Crippen LogP) is 26.1. The molecule has 0 unspecified atom stereocenters. The molecule has 0 aliphatic carbocycles. The van der Waals surface area contributed by atoms with Crippen LogP contribution in [0.3, 0.4) is 0 Å². The Morgan fingerprint density at radius 1 is 0.245 bits per heavy atom. The quantitative estimate of drug-likeness (QED) is 0.128. The van der Waals surface area contributed by atoms with Gasteiger partial charge in [0.1, 0.15) is 28.1 Å². The molecule has 20 rings (SSSR count). The van der Waals surface area contributed by atoms with Gasteiger partial charge < -0.3 is 18.5 Å². The van der Waals surface area contributed by atoms with Crippen LogP contribution in [0.5, 0.6) is 5.75 Å². The number of fused-ring (bicyclic) bond motifs is 16. The summed E-state index contributed by atoms with van der Waals surface area (Å²) in [6.07, 6.45) is 0. The van der Waals surface area contributed by atoms with Crippen molar-refractivity contribution in [1.29, 1.82) is 0 Å². The van der Waals surface area contributed by atoms with Gasteiger partial charge in [-0.25, -0.2) is 0 Å². The van der Waals surface area contributed by atoms with E-state index >= 15 is 0 Å². The highest BCUT2D eigenvalue weighted by atomic mass is 79.9. The number of hydrogen-bond donors (Lipinski definition) is 1. The SMILES string of the molecule is Brc1ccc2oc3ccc4ccccc4c3c2c1.O[B]Oc1c2ccccc2c(-c2cccc(-c3cccc4ccccc34)c2)c2ccccc12.c1cc(-c2cccc3ccccc23)cc(-c2c3ccccc3c(-c3ccc4oc5ccc6ccccc6c5c4c3)c3ccccc23)c1. The van der Waals surface area contributed by atoms with Crippen LogP contribution in [0.1, 0.15) is 0 Å². The minimum absolute atomic E-state index is 0.664. The molecule has 1 radical (unpaired) electrons. The van der Waals surface area contributed by atoms with E-state index in [4.69, 9.17) is 13.5 Å². The first-order chi connectivity index (χ1) is 48.5. The molecule has 0 aliphatic rings. The van der Waals surface area contributed by atoms with Crippen LogP contribution in [0.15, 0.2) is 353 Å². The van der Waals surface area contributed by atoms with Gasteiger partial charge in [0.15, 0.2) is 0 Å². The van der Waals surface area contributed by atoms with Crippen LogP contribution in [0.25, 0.3) is 186 Å². The van der Waals surface area contributed by atoms with Crippen molar-refractivity contribution in [3.8, 4) is 61.4 Å². The Morgan fingerprint density at radius 2 is 0.561 bits per heavy atom. The fourth-order valence-corrected chi connectivity index (χ4v) is 15.6. The molecule has 0 saturated carbocycles. The number of rotatable bonds is 7. The van der Waals surface area contributed by atoms with Gasteiger partial charge in [-0.2, -0.15) is 0 Å². The van der Waals surface area contributed by atoms with Crippen LogP contribution in [0.2, 0.25) is 0 Å². The largest absolute Gasteiger partial charge is 0.569 e. The summed E-state index contributed by atoms with van der Waals surface area (Å²) >= 11 is 3.53. The van der Waals surface area contributed by atoms with Crippen LogP contribution in [-0.2, 0) is 0 Å². The Morgan fingerprint density at radius 3 is 1.00 bits per heavy atom. The Hall–Kier alpha value is -12.1. The van der Waals surface area contributed by atoms with E-state index < -0.39 is 0 Å². The van der Waals surface area contributed by atoms with Crippen LogP contribution < -0.4 is 4.65 Å². The number of benzene rings is 18. The molecule has 0 spiro atoms. The van der Waals surface area contributed by atoms with Gasteiger partial charge in [0, 0.05) is 36.8 Å². The second-order valence-electron chi connectivity index (χ2n) is 24.9. The first-order valence-corrected chi connectivity index (χ1v) is 33.8. The highest BCUT2D eigenvalue weighted by Gasteiger charge is 2.21. The standard InChI is InChI=1S/C46H28O.C30H20BO2.C16H9BrO/c1-3-16-34-29(11-1)13-10-22-35(34)31-14-9-15-32(27-31)44-37-18-5-7-20-39(37)45(40-21-8-6-19-38(40)44)33-24-25-42-41(28-33)46-36-17-4-2-12-30(36)23-26-43(46)47-42;32-31-33-30-27-16-5-3-14-25(27)29(26-15-4-6-17-28(26)30)22-12-7-11-21(19-22)24-18-8-10-20-9-1-2-13-23(20)24;17-11-6-8-14-13(9-11)16-12-4-2-1-3-10(12)5-7-15(16)18-14/h1-28H;1-19,32H;1-9H. The third kappa shape index (κ3) is 10.1. The number of halogens is 1. The molecule has 2 aromatic heterocycles. The third-order valence-electron chi connectivity index (χ3n) is 19.5. The Balaban J connectivity index is 0.000000118. The molecule has 0 aliphatic heterocycles. The van der Waals surface area contributed by atoms with Gasteiger partial charge >= 0.3 is 7.69 Å². The topological polar surface area (TPSA) is 55.7 Å². The first-order valence-electron chi connectivity index (χ1n) is 33.0. The highest BCUT2D eigenvalue weighted by molar-refractivity contribution is 9.10. The molecule has 20 aromatic rings. The van der Waals surface area contributed by atoms with Crippen molar-refractivity contribution in [1.82, 2.24) is 0 Å². The molecule has 4 nitrogen and oxygen atoms in total. The summed E-state index contributed by atoms with van der Waals surface area (Å²) < 4.78 is 18.9. The van der Waals surface area contributed by atoms with Gasteiger partial charge in [-0.15, -0.1) is 0 Å². The maximum Gasteiger partial charge on any atom is 0.569 e. The van der Waals surface area contributed by atoms with E-state index in [0.717, 1.165) is 77.9 Å². The van der Waals surface area contributed by atoms with E-state index in [1.165, 1.54) is 120 Å². The highest BCUT2D eigenvalue weighted by Crippen LogP contribution is 2.48. The van der Waals surface area contributed by atoms with E-state index in [1.54, 1.807) is 0 Å². The summed E-state index contributed by atoms with van der Waals surface area (Å²) in [5.41, 5.74) is 15.8. The van der Waals surface area contributed by atoms with Crippen LogP contribution in [0.4, 0.5) is 0 Å².